The van der Waals surface area contributed by atoms with Crippen molar-refractivity contribution in [2.75, 3.05) is 13.1 Å². The molecule has 1 aromatic heterocycles. The van der Waals surface area contributed by atoms with Gasteiger partial charge in [0.15, 0.2) is 0 Å². The quantitative estimate of drug-likeness (QED) is 0.847. The van der Waals surface area contributed by atoms with Crippen LogP contribution in [-0.4, -0.2) is 24.0 Å². The van der Waals surface area contributed by atoms with E-state index >= 15 is 0 Å². The first-order chi connectivity index (χ1) is 9.49. The third-order valence-electron chi connectivity index (χ3n) is 4.53. The fourth-order valence-corrected chi connectivity index (χ4v) is 5.02. The van der Waals surface area contributed by atoms with Crippen molar-refractivity contribution in [1.29, 1.82) is 0 Å². The topological polar surface area (TPSA) is 29.3 Å². The third-order valence-corrected chi connectivity index (χ3v) is 6.22. The van der Waals surface area contributed by atoms with Gasteiger partial charge in [-0.05, 0) is 79.2 Å². The van der Waals surface area contributed by atoms with E-state index in [9.17, 15) is 0 Å². The maximum atomic E-state index is 6.30. The highest BCUT2D eigenvalue weighted by atomic mass is 79.9. The van der Waals surface area contributed by atoms with E-state index in [4.69, 9.17) is 5.73 Å². The summed E-state index contributed by atoms with van der Waals surface area (Å²) in [7, 11) is 0. The van der Waals surface area contributed by atoms with Gasteiger partial charge in [-0.15, -0.1) is 11.3 Å². The molecule has 0 amide bonds. The average molecular weight is 359 g/mol. The van der Waals surface area contributed by atoms with Crippen molar-refractivity contribution in [3.8, 4) is 0 Å². The van der Waals surface area contributed by atoms with Crippen LogP contribution in [0.15, 0.2) is 15.9 Å². The fourth-order valence-electron chi connectivity index (χ4n) is 3.35. The Labute approximate surface area is 135 Å². The summed E-state index contributed by atoms with van der Waals surface area (Å²) < 4.78 is 1.20. The first-order valence-corrected chi connectivity index (χ1v) is 9.35. The van der Waals surface area contributed by atoms with Crippen molar-refractivity contribution in [2.24, 2.45) is 17.6 Å². The highest BCUT2D eigenvalue weighted by Gasteiger charge is 2.28. The molecule has 0 radical (unpaired) electrons. The van der Waals surface area contributed by atoms with Crippen molar-refractivity contribution in [1.82, 2.24) is 4.90 Å². The Kier molecular flexibility index (Phi) is 6.09. The Morgan fingerprint density at radius 3 is 2.55 bits per heavy atom. The standard InChI is InChI=1S/C16H27BrN2S/c1-11(2)13-5-4-9-19(10-8-13)16(12(3)18)14-6-7-15(17)20-14/h6-7,11-13,16H,4-5,8-10,18H2,1-3H3. The van der Waals surface area contributed by atoms with Crippen molar-refractivity contribution in [3.05, 3.63) is 20.8 Å². The molecule has 1 aliphatic rings. The van der Waals surface area contributed by atoms with Gasteiger partial charge in [0.05, 0.1) is 9.83 Å². The van der Waals surface area contributed by atoms with E-state index in [0.29, 0.717) is 6.04 Å². The Morgan fingerprint density at radius 1 is 1.25 bits per heavy atom. The number of nitrogens with zero attached hydrogens (tertiary/aromatic N) is 1. The van der Waals surface area contributed by atoms with Crippen LogP contribution in [-0.2, 0) is 0 Å². The monoisotopic (exact) mass is 358 g/mol. The van der Waals surface area contributed by atoms with E-state index in [1.165, 1.54) is 41.0 Å². The van der Waals surface area contributed by atoms with Gasteiger partial charge < -0.3 is 5.73 Å². The largest absolute Gasteiger partial charge is 0.326 e. The Hall–Kier alpha value is 0.1000. The highest BCUT2D eigenvalue weighted by molar-refractivity contribution is 9.11. The van der Waals surface area contributed by atoms with Crippen LogP contribution in [0, 0.1) is 11.8 Å². The van der Waals surface area contributed by atoms with Gasteiger partial charge in [-0.2, -0.15) is 0 Å². The third kappa shape index (κ3) is 4.06. The van der Waals surface area contributed by atoms with Crippen molar-refractivity contribution >= 4 is 27.3 Å². The molecule has 20 heavy (non-hydrogen) atoms. The SMILES string of the molecule is CC(C)C1CCCN(C(c2ccc(Br)s2)C(C)N)CC1. The van der Waals surface area contributed by atoms with Gasteiger partial charge in [0.25, 0.3) is 0 Å². The minimum atomic E-state index is 0.177. The summed E-state index contributed by atoms with van der Waals surface area (Å²) >= 11 is 5.40. The van der Waals surface area contributed by atoms with Crippen LogP contribution in [0.1, 0.15) is 51.0 Å². The molecule has 2 heterocycles. The molecule has 0 aliphatic carbocycles. The molecule has 2 N–H and O–H groups in total. The van der Waals surface area contributed by atoms with Gasteiger partial charge in [-0.1, -0.05) is 13.8 Å². The van der Waals surface area contributed by atoms with E-state index in [1.807, 2.05) is 11.3 Å². The number of likely N-dealkylation sites (tertiary alicyclic amines) is 1. The number of hydrogen-bond donors (Lipinski definition) is 1. The van der Waals surface area contributed by atoms with Gasteiger partial charge in [-0.3, -0.25) is 4.90 Å². The maximum absolute atomic E-state index is 6.30. The van der Waals surface area contributed by atoms with Gasteiger partial charge >= 0.3 is 0 Å². The first kappa shape index (κ1) is 16.5. The summed E-state index contributed by atoms with van der Waals surface area (Å²) in [4.78, 5) is 4.01. The van der Waals surface area contributed by atoms with Crippen molar-refractivity contribution < 1.29 is 0 Å². The molecule has 1 aromatic rings. The molecule has 1 aliphatic heterocycles. The average Bonchev–Trinajstić information content (AvgIpc) is 2.63. The lowest BCUT2D eigenvalue weighted by Crippen LogP contribution is -2.39. The number of rotatable bonds is 4. The normalized spacial score (nSPS) is 24.6. The molecule has 0 saturated carbocycles. The Bertz CT molecular complexity index is 416. The molecular weight excluding hydrogens is 332 g/mol. The molecule has 1 saturated heterocycles. The Morgan fingerprint density at radius 2 is 2.00 bits per heavy atom. The van der Waals surface area contributed by atoms with Gasteiger partial charge in [-0.25, -0.2) is 0 Å². The summed E-state index contributed by atoms with van der Waals surface area (Å²) in [5.74, 6) is 1.68. The second-order valence-electron chi connectivity index (χ2n) is 6.42. The lowest BCUT2D eigenvalue weighted by molar-refractivity contribution is 0.181. The van der Waals surface area contributed by atoms with Crippen LogP contribution in [0.25, 0.3) is 0 Å². The zero-order chi connectivity index (χ0) is 14.7. The predicted molar refractivity (Wildman–Crippen MR) is 92.2 cm³/mol. The number of hydrogen-bond acceptors (Lipinski definition) is 3. The summed E-state index contributed by atoms with van der Waals surface area (Å²) in [6, 6.07) is 4.92. The molecular formula is C16H27BrN2S. The van der Waals surface area contributed by atoms with Crippen LogP contribution in [0.5, 0.6) is 0 Å². The van der Waals surface area contributed by atoms with Crippen LogP contribution >= 0.6 is 27.3 Å². The molecule has 0 bridgehead atoms. The molecule has 1 fully saturated rings. The van der Waals surface area contributed by atoms with Gasteiger partial charge in [0, 0.05) is 10.9 Å². The van der Waals surface area contributed by atoms with E-state index in [1.54, 1.807) is 0 Å². The van der Waals surface area contributed by atoms with E-state index < -0.39 is 0 Å². The molecule has 114 valence electrons. The molecule has 3 unspecified atom stereocenters. The van der Waals surface area contributed by atoms with E-state index in [0.717, 1.165) is 11.8 Å². The van der Waals surface area contributed by atoms with Crippen molar-refractivity contribution in [3.63, 3.8) is 0 Å². The van der Waals surface area contributed by atoms with E-state index in [2.05, 4.69) is 53.7 Å². The summed E-state index contributed by atoms with van der Waals surface area (Å²) in [5, 5.41) is 0. The molecule has 2 rings (SSSR count). The zero-order valence-corrected chi connectivity index (χ0v) is 15.2. The number of halogens is 1. The van der Waals surface area contributed by atoms with Gasteiger partial charge in [0.2, 0.25) is 0 Å². The highest BCUT2D eigenvalue weighted by Crippen LogP contribution is 2.35. The summed E-state index contributed by atoms with van der Waals surface area (Å²) in [6.45, 7) is 9.23. The maximum Gasteiger partial charge on any atom is 0.0702 e. The lowest BCUT2D eigenvalue weighted by Gasteiger charge is -2.33. The smallest absolute Gasteiger partial charge is 0.0702 e. The first-order valence-electron chi connectivity index (χ1n) is 7.74. The molecule has 0 spiro atoms. The lowest BCUT2D eigenvalue weighted by atomic mass is 9.89. The van der Waals surface area contributed by atoms with Crippen LogP contribution < -0.4 is 5.73 Å². The molecule has 4 heteroatoms. The molecule has 2 nitrogen and oxygen atoms in total. The fraction of sp³-hybridized carbons (Fsp3) is 0.750. The Balaban J connectivity index is 2.10. The predicted octanol–water partition coefficient (Wildman–Crippen LogP) is 4.66. The molecule has 3 atom stereocenters. The minimum Gasteiger partial charge on any atom is -0.326 e. The van der Waals surface area contributed by atoms with E-state index in [-0.39, 0.29) is 6.04 Å². The van der Waals surface area contributed by atoms with Gasteiger partial charge in [0.1, 0.15) is 0 Å². The van der Waals surface area contributed by atoms with Crippen molar-refractivity contribution in [2.45, 2.75) is 52.1 Å². The number of nitrogens with two attached hydrogens (primary N) is 1. The van der Waals surface area contributed by atoms with Crippen LogP contribution in [0.4, 0.5) is 0 Å². The molecule has 0 aromatic carbocycles. The second kappa shape index (κ2) is 7.39. The summed E-state index contributed by atoms with van der Waals surface area (Å²) in [6.07, 6.45) is 3.99. The minimum absolute atomic E-state index is 0.177. The summed E-state index contributed by atoms with van der Waals surface area (Å²) in [5.41, 5.74) is 6.30. The zero-order valence-electron chi connectivity index (χ0n) is 12.8. The van der Waals surface area contributed by atoms with Crippen LogP contribution in [0.2, 0.25) is 0 Å². The van der Waals surface area contributed by atoms with Crippen LogP contribution in [0.3, 0.4) is 0 Å². The number of thiophene rings is 1. The second-order valence-corrected chi connectivity index (χ2v) is 8.91.